The lowest BCUT2D eigenvalue weighted by molar-refractivity contribution is 0.792. The minimum absolute atomic E-state index is 0. The summed E-state index contributed by atoms with van der Waals surface area (Å²) >= 11 is 14.1. The van der Waals surface area contributed by atoms with Crippen molar-refractivity contribution in [2.75, 3.05) is 13.6 Å². The second-order valence-corrected chi connectivity index (χ2v) is 6.89. The van der Waals surface area contributed by atoms with Gasteiger partial charge in [-0.05, 0) is 30.5 Å². The molecule has 0 atom stereocenters. The summed E-state index contributed by atoms with van der Waals surface area (Å²) in [5.74, 6) is 0.737. The molecule has 0 aliphatic carbocycles. The Labute approximate surface area is 174 Å². The van der Waals surface area contributed by atoms with Crippen molar-refractivity contribution in [1.29, 1.82) is 0 Å². The number of thiazole rings is 1. The Kier molecular flexibility index (Phi) is 9.95. The predicted octanol–water partition coefficient (Wildman–Crippen LogP) is 4.54. The first-order valence-corrected chi connectivity index (χ1v) is 9.02. The molecule has 132 valence electrons. The van der Waals surface area contributed by atoms with Gasteiger partial charge in [-0.15, -0.1) is 35.3 Å². The number of aliphatic imine (C=N–C) groups is 1. The molecule has 0 unspecified atom stereocenters. The Bertz CT molecular complexity index is 656. The summed E-state index contributed by atoms with van der Waals surface area (Å²) in [5.41, 5.74) is 0.950. The molecule has 0 saturated carbocycles. The predicted molar refractivity (Wildman–Crippen MR) is 115 cm³/mol. The molecular formula is C16H21Cl2IN4S. The molecule has 0 aliphatic rings. The molecule has 0 spiro atoms. The van der Waals surface area contributed by atoms with Crippen LogP contribution in [0.4, 0.5) is 0 Å². The van der Waals surface area contributed by atoms with Crippen LogP contribution in [0, 0.1) is 0 Å². The van der Waals surface area contributed by atoms with Crippen LogP contribution >= 0.6 is 58.5 Å². The monoisotopic (exact) mass is 498 g/mol. The van der Waals surface area contributed by atoms with Crippen molar-refractivity contribution in [3.8, 4) is 0 Å². The third kappa shape index (κ3) is 6.38. The molecular weight excluding hydrogens is 478 g/mol. The number of benzene rings is 1. The highest BCUT2D eigenvalue weighted by atomic mass is 127. The first kappa shape index (κ1) is 21.5. The third-order valence-corrected chi connectivity index (χ3v) is 5.16. The number of hydrogen-bond donors (Lipinski definition) is 2. The summed E-state index contributed by atoms with van der Waals surface area (Å²) in [6, 6.07) is 5.55. The smallest absolute Gasteiger partial charge is 0.191 e. The Morgan fingerprint density at radius 3 is 2.54 bits per heavy atom. The first-order chi connectivity index (χ1) is 11.1. The number of nitrogens with zero attached hydrogens (tertiary/aromatic N) is 2. The summed E-state index contributed by atoms with van der Waals surface area (Å²) in [6.45, 7) is 3.49. The molecule has 0 bridgehead atoms. The maximum absolute atomic E-state index is 6.17. The molecule has 24 heavy (non-hydrogen) atoms. The highest BCUT2D eigenvalue weighted by Gasteiger charge is 2.06. The highest BCUT2D eigenvalue weighted by molar-refractivity contribution is 14.0. The fraction of sp³-hybridized carbons (Fsp3) is 0.375. The van der Waals surface area contributed by atoms with Crippen molar-refractivity contribution < 1.29 is 0 Å². The van der Waals surface area contributed by atoms with E-state index in [1.807, 2.05) is 24.4 Å². The van der Waals surface area contributed by atoms with Gasteiger partial charge in [0, 0.05) is 34.7 Å². The average Bonchev–Trinajstić information content (AvgIpc) is 3.01. The quantitative estimate of drug-likeness (QED) is 0.349. The van der Waals surface area contributed by atoms with Crippen LogP contribution in [-0.2, 0) is 19.4 Å². The van der Waals surface area contributed by atoms with Crippen LogP contribution in [0.5, 0.6) is 0 Å². The SMILES string of the molecule is CCc1cnc(CNC(=NC)NCCc2c(Cl)cccc2Cl)s1.I. The van der Waals surface area contributed by atoms with Gasteiger partial charge < -0.3 is 10.6 Å². The van der Waals surface area contributed by atoms with Crippen LogP contribution < -0.4 is 10.6 Å². The summed E-state index contributed by atoms with van der Waals surface area (Å²) in [4.78, 5) is 9.88. The fourth-order valence-corrected chi connectivity index (χ4v) is 3.44. The molecule has 0 aliphatic heterocycles. The van der Waals surface area contributed by atoms with Crippen molar-refractivity contribution >= 4 is 64.5 Å². The number of rotatable bonds is 6. The molecule has 1 heterocycles. The van der Waals surface area contributed by atoms with Gasteiger partial charge in [0.1, 0.15) is 5.01 Å². The van der Waals surface area contributed by atoms with Crippen molar-refractivity contribution in [1.82, 2.24) is 15.6 Å². The van der Waals surface area contributed by atoms with Crippen molar-refractivity contribution in [3.63, 3.8) is 0 Å². The van der Waals surface area contributed by atoms with Crippen molar-refractivity contribution in [2.45, 2.75) is 26.3 Å². The van der Waals surface area contributed by atoms with Crippen LogP contribution in [0.1, 0.15) is 22.4 Å². The molecule has 0 saturated heterocycles. The first-order valence-electron chi connectivity index (χ1n) is 7.45. The van der Waals surface area contributed by atoms with Gasteiger partial charge in [0.05, 0.1) is 6.54 Å². The number of aromatic nitrogens is 1. The summed E-state index contributed by atoms with van der Waals surface area (Å²) in [6.07, 6.45) is 3.68. The molecule has 0 fully saturated rings. The van der Waals surface area contributed by atoms with E-state index in [0.717, 1.165) is 29.4 Å². The van der Waals surface area contributed by atoms with Crippen LogP contribution in [0.2, 0.25) is 10.0 Å². The molecule has 2 aromatic rings. The van der Waals surface area contributed by atoms with Crippen LogP contribution in [-0.4, -0.2) is 24.5 Å². The topological polar surface area (TPSA) is 49.3 Å². The molecule has 8 heteroatoms. The van der Waals surface area contributed by atoms with Crippen molar-refractivity contribution in [2.24, 2.45) is 4.99 Å². The average molecular weight is 499 g/mol. The zero-order chi connectivity index (χ0) is 16.7. The standard InChI is InChI=1S/C16H20Cl2N4S.HI/c1-3-11-9-21-15(23-11)10-22-16(19-2)20-8-7-12-13(17)5-4-6-14(12)18;/h4-6,9H,3,7-8,10H2,1-2H3,(H2,19,20,22);1H. The minimum Gasteiger partial charge on any atom is -0.356 e. The van der Waals surface area contributed by atoms with Gasteiger partial charge >= 0.3 is 0 Å². The lowest BCUT2D eigenvalue weighted by Gasteiger charge is -2.12. The fourth-order valence-electron chi connectivity index (χ4n) is 2.05. The Balaban J connectivity index is 0.00000288. The largest absolute Gasteiger partial charge is 0.356 e. The minimum atomic E-state index is 0. The van der Waals surface area contributed by atoms with Gasteiger partial charge in [0.15, 0.2) is 5.96 Å². The number of aryl methyl sites for hydroxylation is 1. The van der Waals surface area contributed by atoms with Crippen LogP contribution in [0.25, 0.3) is 0 Å². The Morgan fingerprint density at radius 2 is 1.96 bits per heavy atom. The summed E-state index contributed by atoms with van der Waals surface area (Å²) in [5, 5.41) is 8.96. The van der Waals surface area contributed by atoms with E-state index in [1.165, 1.54) is 4.88 Å². The maximum atomic E-state index is 6.17. The third-order valence-electron chi connectivity index (χ3n) is 3.31. The molecule has 4 nitrogen and oxygen atoms in total. The summed E-state index contributed by atoms with van der Waals surface area (Å²) in [7, 11) is 1.75. The van der Waals surface area contributed by atoms with Crippen LogP contribution in [0.3, 0.4) is 0 Å². The van der Waals surface area contributed by atoms with E-state index in [9.17, 15) is 0 Å². The normalized spacial score (nSPS) is 11.1. The van der Waals surface area contributed by atoms with Gasteiger partial charge in [-0.3, -0.25) is 4.99 Å². The summed E-state index contributed by atoms with van der Waals surface area (Å²) < 4.78 is 0. The lowest BCUT2D eigenvalue weighted by atomic mass is 10.1. The van der Waals surface area contributed by atoms with E-state index in [2.05, 4.69) is 27.5 Å². The zero-order valence-electron chi connectivity index (χ0n) is 13.6. The number of guanidine groups is 1. The van der Waals surface area contributed by atoms with E-state index < -0.39 is 0 Å². The molecule has 2 N–H and O–H groups in total. The zero-order valence-corrected chi connectivity index (χ0v) is 18.3. The number of nitrogens with one attached hydrogen (secondary N) is 2. The second kappa shape index (κ2) is 11.1. The number of hydrogen-bond acceptors (Lipinski definition) is 3. The van der Waals surface area contributed by atoms with E-state index in [-0.39, 0.29) is 24.0 Å². The molecule has 1 aromatic carbocycles. The highest BCUT2D eigenvalue weighted by Crippen LogP contribution is 2.24. The van der Waals surface area contributed by atoms with Gasteiger partial charge in [0.25, 0.3) is 0 Å². The van der Waals surface area contributed by atoms with E-state index in [1.54, 1.807) is 18.4 Å². The molecule has 0 radical (unpaired) electrons. The molecule has 1 aromatic heterocycles. The molecule has 0 amide bonds. The van der Waals surface area contributed by atoms with Gasteiger partial charge in [-0.2, -0.15) is 0 Å². The van der Waals surface area contributed by atoms with Gasteiger partial charge in [-0.1, -0.05) is 36.2 Å². The van der Waals surface area contributed by atoms with Crippen molar-refractivity contribution in [3.05, 3.63) is 49.9 Å². The molecule has 2 rings (SSSR count). The van der Waals surface area contributed by atoms with E-state index >= 15 is 0 Å². The van der Waals surface area contributed by atoms with Crippen LogP contribution in [0.15, 0.2) is 29.4 Å². The maximum Gasteiger partial charge on any atom is 0.191 e. The number of halogens is 3. The van der Waals surface area contributed by atoms with E-state index in [0.29, 0.717) is 23.1 Å². The van der Waals surface area contributed by atoms with Gasteiger partial charge in [0.2, 0.25) is 0 Å². The lowest BCUT2D eigenvalue weighted by Crippen LogP contribution is -2.37. The van der Waals surface area contributed by atoms with E-state index in [4.69, 9.17) is 23.2 Å². The van der Waals surface area contributed by atoms with Gasteiger partial charge in [-0.25, -0.2) is 4.98 Å². The Morgan fingerprint density at radius 1 is 1.25 bits per heavy atom. The Hall–Kier alpha value is -0.570. The second-order valence-electron chi connectivity index (χ2n) is 4.88.